The molecular formula is C21H38IN5O2S. The molecule has 2 N–H and O–H groups in total. The van der Waals surface area contributed by atoms with Crippen molar-refractivity contribution >= 4 is 40.0 Å². The number of unbranched alkanes of at least 4 members (excludes halogenated alkanes) is 1. The van der Waals surface area contributed by atoms with E-state index in [0.717, 1.165) is 37.5 Å². The summed E-state index contributed by atoms with van der Waals surface area (Å²) in [6.07, 6.45) is 3.51. The fourth-order valence-electron chi connectivity index (χ4n) is 3.35. The number of nitrogens with one attached hydrogen (secondary N) is 2. The van der Waals surface area contributed by atoms with Crippen molar-refractivity contribution in [2.75, 3.05) is 46.8 Å². The van der Waals surface area contributed by atoms with E-state index in [9.17, 15) is 8.42 Å². The van der Waals surface area contributed by atoms with Crippen molar-refractivity contribution in [2.45, 2.75) is 44.6 Å². The van der Waals surface area contributed by atoms with Crippen LogP contribution in [0.1, 0.15) is 38.7 Å². The van der Waals surface area contributed by atoms with Crippen LogP contribution in [-0.2, 0) is 16.6 Å². The Balaban J connectivity index is 0.00000450. The molecule has 30 heavy (non-hydrogen) atoms. The van der Waals surface area contributed by atoms with Gasteiger partial charge < -0.3 is 15.5 Å². The molecule has 0 amide bonds. The number of hydrogen-bond acceptors (Lipinski definition) is 4. The second-order valence-electron chi connectivity index (χ2n) is 8.06. The maximum Gasteiger partial charge on any atom is 0.243 e. The van der Waals surface area contributed by atoms with E-state index in [-0.39, 0.29) is 24.0 Å². The van der Waals surface area contributed by atoms with Crippen LogP contribution in [0.4, 0.5) is 0 Å². The Bertz CT molecular complexity index is 762. The van der Waals surface area contributed by atoms with E-state index in [1.165, 1.54) is 12.8 Å². The topological polar surface area (TPSA) is 77.0 Å². The number of piperazine rings is 1. The zero-order chi connectivity index (χ0) is 21.3. The summed E-state index contributed by atoms with van der Waals surface area (Å²) in [5.74, 6) is 1.42. The van der Waals surface area contributed by atoms with Crippen LogP contribution in [0.3, 0.4) is 0 Å². The molecule has 1 fully saturated rings. The fraction of sp³-hybridized carbons (Fsp3) is 0.667. The standard InChI is InChI=1S/C21H37N5O2S.HI/c1-18(2)9-7-8-12-23-21(22-3)24-17-19-10-5-6-11-20(19)29(27,28)26-15-13-25(4)14-16-26;/h5-6,10-11,18H,7-9,12-17H2,1-4H3,(H2,22,23,24);1H. The summed E-state index contributed by atoms with van der Waals surface area (Å²) in [5.41, 5.74) is 0.759. The maximum absolute atomic E-state index is 13.2. The van der Waals surface area contributed by atoms with Crippen molar-refractivity contribution < 1.29 is 8.42 Å². The van der Waals surface area contributed by atoms with Crippen molar-refractivity contribution in [2.24, 2.45) is 10.9 Å². The highest BCUT2D eigenvalue weighted by atomic mass is 127. The average molecular weight is 552 g/mol. The Morgan fingerprint density at radius 2 is 1.77 bits per heavy atom. The molecule has 0 saturated carbocycles. The highest BCUT2D eigenvalue weighted by Gasteiger charge is 2.29. The number of guanidine groups is 1. The van der Waals surface area contributed by atoms with Gasteiger partial charge in [0.25, 0.3) is 0 Å². The van der Waals surface area contributed by atoms with Crippen molar-refractivity contribution in [3.05, 3.63) is 29.8 Å². The first-order valence-electron chi connectivity index (χ1n) is 10.6. The quantitative estimate of drug-likeness (QED) is 0.214. The first-order valence-corrected chi connectivity index (χ1v) is 12.0. The van der Waals surface area contributed by atoms with E-state index in [2.05, 4.69) is 34.4 Å². The molecule has 9 heteroatoms. The smallest absolute Gasteiger partial charge is 0.243 e. The number of sulfonamides is 1. The Morgan fingerprint density at radius 1 is 1.10 bits per heavy atom. The lowest BCUT2D eigenvalue weighted by atomic mass is 10.1. The molecule has 1 aliphatic heterocycles. The van der Waals surface area contributed by atoms with Gasteiger partial charge in [0, 0.05) is 46.3 Å². The summed E-state index contributed by atoms with van der Waals surface area (Å²) in [5, 5.41) is 6.57. The van der Waals surface area contributed by atoms with Crippen LogP contribution >= 0.6 is 24.0 Å². The predicted octanol–water partition coefficient (Wildman–Crippen LogP) is 2.73. The SMILES string of the molecule is CN=C(NCCCCC(C)C)NCc1ccccc1S(=O)(=O)N1CCN(C)CC1.I. The molecule has 1 saturated heterocycles. The zero-order valence-corrected chi connectivity index (χ0v) is 21.9. The van der Waals surface area contributed by atoms with Crippen molar-refractivity contribution in [1.82, 2.24) is 19.8 Å². The van der Waals surface area contributed by atoms with E-state index < -0.39 is 10.0 Å². The van der Waals surface area contributed by atoms with Gasteiger partial charge in [-0.2, -0.15) is 4.31 Å². The normalized spacial score (nSPS) is 16.4. The monoisotopic (exact) mass is 551 g/mol. The number of aliphatic imine (C=N–C) groups is 1. The highest BCUT2D eigenvalue weighted by Crippen LogP contribution is 2.21. The Hall–Kier alpha value is -0.910. The molecule has 0 atom stereocenters. The van der Waals surface area contributed by atoms with E-state index in [4.69, 9.17) is 0 Å². The van der Waals surface area contributed by atoms with Gasteiger partial charge in [-0.05, 0) is 31.0 Å². The van der Waals surface area contributed by atoms with Crippen LogP contribution in [0, 0.1) is 5.92 Å². The molecule has 0 unspecified atom stereocenters. The molecule has 1 aliphatic rings. The number of benzene rings is 1. The van der Waals surface area contributed by atoms with Crippen LogP contribution < -0.4 is 10.6 Å². The largest absolute Gasteiger partial charge is 0.356 e. The summed E-state index contributed by atoms with van der Waals surface area (Å²) in [7, 11) is 0.253. The van der Waals surface area contributed by atoms with Gasteiger partial charge in [-0.25, -0.2) is 8.42 Å². The third kappa shape index (κ3) is 8.32. The van der Waals surface area contributed by atoms with E-state index in [0.29, 0.717) is 30.5 Å². The highest BCUT2D eigenvalue weighted by molar-refractivity contribution is 14.0. The Kier molecular flexibility index (Phi) is 12.2. The van der Waals surface area contributed by atoms with Gasteiger partial charge in [-0.1, -0.05) is 44.9 Å². The first kappa shape index (κ1) is 27.1. The van der Waals surface area contributed by atoms with Gasteiger partial charge in [0.1, 0.15) is 0 Å². The minimum atomic E-state index is -3.50. The van der Waals surface area contributed by atoms with Crippen LogP contribution in [0.15, 0.2) is 34.2 Å². The molecule has 1 aromatic carbocycles. The number of likely N-dealkylation sites (N-methyl/N-ethyl adjacent to an activating group) is 1. The Morgan fingerprint density at radius 3 is 2.40 bits per heavy atom. The van der Waals surface area contributed by atoms with Crippen LogP contribution in [0.2, 0.25) is 0 Å². The molecule has 1 heterocycles. The summed E-state index contributed by atoms with van der Waals surface area (Å²) in [4.78, 5) is 6.78. The van der Waals surface area contributed by atoms with Crippen molar-refractivity contribution in [3.8, 4) is 0 Å². The van der Waals surface area contributed by atoms with E-state index in [1.54, 1.807) is 23.5 Å². The molecule has 0 aromatic heterocycles. The predicted molar refractivity (Wildman–Crippen MR) is 135 cm³/mol. The summed E-state index contributed by atoms with van der Waals surface area (Å²) in [6, 6.07) is 7.23. The minimum Gasteiger partial charge on any atom is -0.356 e. The van der Waals surface area contributed by atoms with Gasteiger partial charge in [0.05, 0.1) is 4.90 Å². The van der Waals surface area contributed by atoms with Gasteiger partial charge in [-0.15, -0.1) is 24.0 Å². The second-order valence-corrected chi connectivity index (χ2v) is 9.96. The third-order valence-corrected chi connectivity index (χ3v) is 7.22. The number of halogens is 1. The third-order valence-electron chi connectivity index (χ3n) is 5.22. The summed E-state index contributed by atoms with van der Waals surface area (Å²) in [6.45, 7) is 8.31. The van der Waals surface area contributed by atoms with Gasteiger partial charge in [0.2, 0.25) is 10.0 Å². The lowest BCUT2D eigenvalue weighted by molar-refractivity contribution is 0.222. The summed E-state index contributed by atoms with van der Waals surface area (Å²) >= 11 is 0. The number of hydrogen-bond donors (Lipinski definition) is 2. The number of rotatable bonds is 9. The molecule has 1 aromatic rings. The van der Waals surface area contributed by atoms with Crippen LogP contribution in [0.5, 0.6) is 0 Å². The van der Waals surface area contributed by atoms with Gasteiger partial charge in [-0.3, -0.25) is 4.99 Å². The fourth-order valence-corrected chi connectivity index (χ4v) is 5.00. The molecule has 172 valence electrons. The summed E-state index contributed by atoms with van der Waals surface area (Å²) < 4.78 is 27.9. The molecule has 0 spiro atoms. The van der Waals surface area contributed by atoms with Gasteiger partial charge >= 0.3 is 0 Å². The van der Waals surface area contributed by atoms with Crippen LogP contribution in [-0.4, -0.2) is 70.4 Å². The van der Waals surface area contributed by atoms with Crippen molar-refractivity contribution in [3.63, 3.8) is 0 Å². The first-order chi connectivity index (χ1) is 13.8. The lowest BCUT2D eigenvalue weighted by Crippen LogP contribution is -2.47. The molecule has 7 nitrogen and oxygen atoms in total. The number of nitrogens with zero attached hydrogens (tertiary/aromatic N) is 3. The molecule has 2 rings (SSSR count). The molecule has 0 radical (unpaired) electrons. The van der Waals surface area contributed by atoms with E-state index >= 15 is 0 Å². The van der Waals surface area contributed by atoms with Gasteiger partial charge in [0.15, 0.2) is 5.96 Å². The average Bonchev–Trinajstić information content (AvgIpc) is 2.70. The Labute approximate surface area is 199 Å². The minimum absolute atomic E-state index is 0. The van der Waals surface area contributed by atoms with Crippen molar-refractivity contribution in [1.29, 1.82) is 0 Å². The lowest BCUT2D eigenvalue weighted by Gasteiger charge is -2.32. The molecule has 0 bridgehead atoms. The molecular weight excluding hydrogens is 513 g/mol. The van der Waals surface area contributed by atoms with E-state index in [1.807, 2.05) is 19.2 Å². The second kappa shape index (κ2) is 13.5. The van der Waals surface area contributed by atoms with Crippen LogP contribution in [0.25, 0.3) is 0 Å². The molecule has 0 aliphatic carbocycles. The maximum atomic E-state index is 13.2. The zero-order valence-electron chi connectivity index (χ0n) is 18.7.